The van der Waals surface area contributed by atoms with E-state index in [0.717, 1.165) is 23.4 Å². The zero-order chi connectivity index (χ0) is 14.1. The van der Waals surface area contributed by atoms with E-state index in [1.54, 1.807) is 6.20 Å². The highest BCUT2D eigenvalue weighted by molar-refractivity contribution is 7.18. The van der Waals surface area contributed by atoms with Crippen LogP contribution in [0.5, 0.6) is 0 Å². The summed E-state index contributed by atoms with van der Waals surface area (Å²) in [5.41, 5.74) is 7.66. The van der Waals surface area contributed by atoms with Crippen LogP contribution in [0.3, 0.4) is 0 Å². The van der Waals surface area contributed by atoms with E-state index >= 15 is 0 Å². The average Bonchev–Trinajstić information content (AvgIpc) is 3.24. The molecule has 2 aromatic heterocycles. The summed E-state index contributed by atoms with van der Waals surface area (Å²) in [6.07, 6.45) is 5.60. The maximum absolute atomic E-state index is 12.1. The van der Waals surface area contributed by atoms with Gasteiger partial charge < -0.3 is 11.1 Å². The van der Waals surface area contributed by atoms with Gasteiger partial charge >= 0.3 is 0 Å². The maximum atomic E-state index is 12.1. The lowest BCUT2D eigenvalue weighted by Gasteiger charge is -2.13. The van der Waals surface area contributed by atoms with Gasteiger partial charge in [0, 0.05) is 18.3 Å². The number of hydrogen-bond acceptors (Lipinski definition) is 5. The van der Waals surface area contributed by atoms with E-state index < -0.39 is 0 Å². The van der Waals surface area contributed by atoms with Gasteiger partial charge in [0.2, 0.25) is 0 Å². The first-order chi connectivity index (χ1) is 9.65. The van der Waals surface area contributed by atoms with Gasteiger partial charge in [-0.3, -0.25) is 9.78 Å². The van der Waals surface area contributed by atoms with Crippen molar-refractivity contribution in [1.29, 1.82) is 0 Å². The topological polar surface area (TPSA) is 68.0 Å². The maximum Gasteiger partial charge on any atom is 0.178 e. The number of nitrogens with zero attached hydrogens (tertiary/aromatic N) is 1. The average molecular weight is 287 g/mol. The molecule has 0 bridgehead atoms. The Bertz CT molecular complexity index is 619. The number of nitrogens with one attached hydrogen (secondary N) is 1. The summed E-state index contributed by atoms with van der Waals surface area (Å²) >= 11 is 1.45. The number of thiophene rings is 1. The number of anilines is 2. The third kappa shape index (κ3) is 2.67. The third-order valence-electron chi connectivity index (χ3n) is 3.48. The van der Waals surface area contributed by atoms with E-state index in [4.69, 9.17) is 5.73 Å². The Balaban J connectivity index is 1.75. The molecule has 0 aliphatic heterocycles. The molecule has 104 valence electrons. The van der Waals surface area contributed by atoms with E-state index in [-0.39, 0.29) is 17.7 Å². The third-order valence-corrected chi connectivity index (χ3v) is 4.57. The monoisotopic (exact) mass is 287 g/mol. The highest BCUT2D eigenvalue weighted by Crippen LogP contribution is 2.39. The lowest BCUT2D eigenvalue weighted by atomic mass is 10.1. The molecule has 0 radical (unpaired) electrons. The lowest BCUT2D eigenvalue weighted by molar-refractivity contribution is 0.0972. The van der Waals surface area contributed by atoms with Crippen molar-refractivity contribution in [2.24, 2.45) is 5.92 Å². The molecule has 1 atom stereocenters. The first kappa shape index (κ1) is 13.1. The van der Waals surface area contributed by atoms with Gasteiger partial charge in [-0.05, 0) is 37.5 Å². The SMILES string of the molecule is CC(Nc1cc(N)c(C(=O)C2CC2)s1)c1cccnc1. The number of pyridine rings is 1. The molecule has 1 unspecified atom stereocenters. The molecule has 1 aliphatic rings. The van der Waals surface area contributed by atoms with Crippen LogP contribution in [0.25, 0.3) is 0 Å². The van der Waals surface area contributed by atoms with Gasteiger partial charge in [-0.15, -0.1) is 11.3 Å². The van der Waals surface area contributed by atoms with Crippen LogP contribution in [-0.4, -0.2) is 10.8 Å². The Morgan fingerprint density at radius 2 is 2.35 bits per heavy atom. The van der Waals surface area contributed by atoms with Crippen molar-refractivity contribution in [2.45, 2.75) is 25.8 Å². The fraction of sp³-hybridized carbons (Fsp3) is 0.333. The first-order valence-corrected chi connectivity index (χ1v) is 7.57. The van der Waals surface area contributed by atoms with Crippen molar-refractivity contribution < 1.29 is 4.79 Å². The summed E-state index contributed by atoms with van der Waals surface area (Å²) < 4.78 is 0. The number of nitrogen functional groups attached to an aromatic ring is 1. The van der Waals surface area contributed by atoms with Crippen LogP contribution < -0.4 is 11.1 Å². The summed E-state index contributed by atoms with van der Waals surface area (Å²) in [5, 5.41) is 4.31. The molecule has 1 saturated carbocycles. The molecular weight excluding hydrogens is 270 g/mol. The van der Waals surface area contributed by atoms with Crippen molar-refractivity contribution in [2.75, 3.05) is 11.1 Å². The number of nitrogens with two attached hydrogens (primary N) is 1. The van der Waals surface area contributed by atoms with Crippen molar-refractivity contribution in [1.82, 2.24) is 4.98 Å². The van der Waals surface area contributed by atoms with Gasteiger partial charge in [-0.1, -0.05) is 6.07 Å². The Morgan fingerprint density at radius 1 is 1.55 bits per heavy atom. The minimum absolute atomic E-state index is 0.130. The van der Waals surface area contributed by atoms with Gasteiger partial charge in [0.25, 0.3) is 0 Å². The Labute approximate surface area is 122 Å². The van der Waals surface area contributed by atoms with Crippen molar-refractivity contribution >= 4 is 27.8 Å². The molecule has 4 nitrogen and oxygen atoms in total. The molecule has 1 aliphatic carbocycles. The van der Waals surface area contributed by atoms with Gasteiger partial charge in [-0.25, -0.2) is 0 Å². The van der Waals surface area contributed by atoms with E-state index in [0.29, 0.717) is 10.6 Å². The van der Waals surface area contributed by atoms with Gasteiger partial charge in [-0.2, -0.15) is 0 Å². The second-order valence-corrected chi connectivity index (χ2v) is 6.24. The number of Topliss-reactive ketones (excluding diaryl/α,β-unsaturated/α-hetero) is 1. The van der Waals surface area contributed by atoms with E-state index in [2.05, 4.69) is 17.2 Å². The van der Waals surface area contributed by atoms with Crippen LogP contribution in [0.15, 0.2) is 30.6 Å². The summed E-state index contributed by atoms with van der Waals surface area (Å²) in [4.78, 5) is 16.9. The summed E-state index contributed by atoms with van der Waals surface area (Å²) in [7, 11) is 0. The Kier molecular flexibility index (Phi) is 3.44. The number of hydrogen-bond donors (Lipinski definition) is 2. The smallest absolute Gasteiger partial charge is 0.178 e. The molecule has 0 amide bonds. The van der Waals surface area contributed by atoms with Crippen molar-refractivity contribution in [3.8, 4) is 0 Å². The fourth-order valence-corrected chi connectivity index (χ4v) is 3.21. The van der Waals surface area contributed by atoms with Crippen molar-refractivity contribution in [3.63, 3.8) is 0 Å². The van der Waals surface area contributed by atoms with Crippen molar-refractivity contribution in [3.05, 3.63) is 41.0 Å². The number of rotatable bonds is 5. The first-order valence-electron chi connectivity index (χ1n) is 6.75. The zero-order valence-electron chi connectivity index (χ0n) is 11.3. The second-order valence-electron chi connectivity index (χ2n) is 5.19. The molecular formula is C15H17N3OS. The predicted octanol–water partition coefficient (Wildman–Crippen LogP) is 3.49. The summed E-state index contributed by atoms with van der Waals surface area (Å²) in [5.74, 6) is 0.411. The molecule has 0 spiro atoms. The van der Waals surface area contributed by atoms with Crippen LogP contribution in [0.1, 0.15) is 41.0 Å². The van der Waals surface area contributed by atoms with Gasteiger partial charge in [0.15, 0.2) is 5.78 Å². The van der Waals surface area contributed by atoms with Crippen LogP contribution in [-0.2, 0) is 0 Å². The number of ketones is 1. The van der Waals surface area contributed by atoms with E-state index in [1.807, 2.05) is 24.4 Å². The molecule has 2 aromatic rings. The minimum Gasteiger partial charge on any atom is -0.397 e. The van der Waals surface area contributed by atoms with Gasteiger partial charge in [0.05, 0.1) is 21.6 Å². The predicted molar refractivity (Wildman–Crippen MR) is 82.1 cm³/mol. The van der Waals surface area contributed by atoms with Gasteiger partial charge in [0.1, 0.15) is 0 Å². The molecule has 3 rings (SSSR count). The molecule has 0 saturated heterocycles. The summed E-state index contributed by atoms with van der Waals surface area (Å²) in [6, 6.07) is 5.93. The van der Waals surface area contributed by atoms with Crippen LogP contribution >= 0.6 is 11.3 Å². The highest BCUT2D eigenvalue weighted by Gasteiger charge is 2.32. The second kappa shape index (κ2) is 5.25. The largest absolute Gasteiger partial charge is 0.397 e. The normalized spacial score (nSPS) is 15.8. The lowest BCUT2D eigenvalue weighted by Crippen LogP contribution is -2.05. The highest BCUT2D eigenvalue weighted by atomic mass is 32.1. The minimum atomic E-state index is 0.130. The standard InChI is InChI=1S/C15H17N3OS/c1-9(11-3-2-6-17-8-11)18-13-7-12(16)15(20-13)14(19)10-4-5-10/h2-3,6-10,18H,4-5,16H2,1H3. The zero-order valence-corrected chi connectivity index (χ0v) is 12.1. The van der Waals surface area contributed by atoms with E-state index in [9.17, 15) is 4.79 Å². The molecule has 20 heavy (non-hydrogen) atoms. The molecule has 2 heterocycles. The van der Waals surface area contributed by atoms with Crippen LogP contribution in [0.4, 0.5) is 10.7 Å². The van der Waals surface area contributed by atoms with Crippen LogP contribution in [0.2, 0.25) is 0 Å². The molecule has 3 N–H and O–H groups in total. The quantitative estimate of drug-likeness (QED) is 0.826. The van der Waals surface area contributed by atoms with E-state index in [1.165, 1.54) is 11.3 Å². The number of aromatic nitrogens is 1. The Morgan fingerprint density at radius 3 is 3.00 bits per heavy atom. The molecule has 1 fully saturated rings. The molecule has 5 heteroatoms. The number of carbonyl (C=O) groups excluding carboxylic acids is 1. The Hall–Kier alpha value is -1.88. The fourth-order valence-electron chi connectivity index (χ4n) is 2.13. The molecule has 0 aromatic carbocycles. The summed E-state index contributed by atoms with van der Waals surface area (Å²) in [6.45, 7) is 2.06. The number of carbonyl (C=O) groups is 1. The van der Waals surface area contributed by atoms with Crippen LogP contribution in [0, 0.1) is 5.92 Å².